The van der Waals surface area contributed by atoms with Crippen molar-refractivity contribution in [3.05, 3.63) is 71.3 Å². The van der Waals surface area contributed by atoms with Crippen LogP contribution in [0, 0.1) is 6.92 Å². The molecular formula is C21H21NO2. The Balaban J connectivity index is 2.05. The van der Waals surface area contributed by atoms with E-state index in [0.29, 0.717) is 5.56 Å². The van der Waals surface area contributed by atoms with Crippen molar-refractivity contribution in [2.75, 3.05) is 12.4 Å². The van der Waals surface area contributed by atoms with Crippen molar-refractivity contribution in [3.8, 4) is 5.75 Å². The van der Waals surface area contributed by atoms with Crippen LogP contribution in [0.1, 0.15) is 28.4 Å². The summed E-state index contributed by atoms with van der Waals surface area (Å²) in [5.41, 5.74) is 3.77. The average molecular weight is 319 g/mol. The minimum Gasteiger partial charge on any atom is -0.496 e. The number of anilines is 1. The number of carbonyl (C=O) groups is 1. The molecule has 3 aromatic carbocycles. The van der Waals surface area contributed by atoms with E-state index in [1.54, 1.807) is 7.11 Å². The van der Waals surface area contributed by atoms with Crippen molar-refractivity contribution in [2.24, 2.45) is 0 Å². The van der Waals surface area contributed by atoms with E-state index in [-0.39, 0.29) is 5.91 Å². The monoisotopic (exact) mass is 319 g/mol. The van der Waals surface area contributed by atoms with Gasteiger partial charge in [-0.3, -0.25) is 4.79 Å². The highest BCUT2D eigenvalue weighted by Gasteiger charge is 2.15. The molecule has 1 amide bonds. The van der Waals surface area contributed by atoms with E-state index < -0.39 is 0 Å². The number of carbonyl (C=O) groups excluding carboxylic acids is 1. The fraction of sp³-hybridized carbons (Fsp3) is 0.190. The number of ether oxygens (including phenoxy) is 1. The van der Waals surface area contributed by atoms with Crippen LogP contribution in [0.5, 0.6) is 5.75 Å². The summed E-state index contributed by atoms with van der Waals surface area (Å²) in [6.45, 7) is 4.11. The first-order valence-electron chi connectivity index (χ1n) is 8.11. The van der Waals surface area contributed by atoms with Crippen LogP contribution in [-0.2, 0) is 6.42 Å². The predicted molar refractivity (Wildman–Crippen MR) is 99.0 cm³/mol. The molecule has 0 saturated carbocycles. The number of methoxy groups -OCH3 is 1. The molecule has 3 heteroatoms. The van der Waals surface area contributed by atoms with Crippen molar-refractivity contribution >= 4 is 22.4 Å². The molecule has 0 aromatic heterocycles. The number of aryl methyl sites for hydroxylation is 2. The van der Waals surface area contributed by atoms with Crippen molar-refractivity contribution in [1.82, 2.24) is 0 Å². The molecule has 0 aliphatic carbocycles. The van der Waals surface area contributed by atoms with Crippen LogP contribution < -0.4 is 10.1 Å². The summed E-state index contributed by atoms with van der Waals surface area (Å²) >= 11 is 0. The Hall–Kier alpha value is -2.81. The van der Waals surface area contributed by atoms with Crippen molar-refractivity contribution < 1.29 is 9.53 Å². The van der Waals surface area contributed by atoms with E-state index in [9.17, 15) is 4.79 Å². The van der Waals surface area contributed by atoms with Crippen molar-refractivity contribution in [2.45, 2.75) is 20.3 Å². The van der Waals surface area contributed by atoms with E-state index in [1.165, 1.54) is 0 Å². The maximum absolute atomic E-state index is 12.9. The molecule has 0 heterocycles. The zero-order chi connectivity index (χ0) is 17.1. The lowest BCUT2D eigenvalue weighted by Crippen LogP contribution is -2.14. The second kappa shape index (κ2) is 6.75. The minimum atomic E-state index is -0.0992. The Kier molecular flexibility index (Phi) is 4.52. The molecule has 1 N–H and O–H groups in total. The van der Waals surface area contributed by atoms with E-state index in [2.05, 4.69) is 18.3 Å². The van der Waals surface area contributed by atoms with Gasteiger partial charge in [0.1, 0.15) is 5.75 Å². The lowest BCUT2D eigenvalue weighted by atomic mass is 10.0. The molecule has 3 nitrogen and oxygen atoms in total. The van der Waals surface area contributed by atoms with Gasteiger partial charge in [0.15, 0.2) is 0 Å². The second-order valence-corrected chi connectivity index (χ2v) is 5.78. The Morgan fingerprint density at radius 2 is 1.75 bits per heavy atom. The quantitative estimate of drug-likeness (QED) is 0.737. The van der Waals surface area contributed by atoms with Crippen LogP contribution in [0.15, 0.2) is 54.6 Å². The fourth-order valence-corrected chi connectivity index (χ4v) is 3.03. The first-order valence-corrected chi connectivity index (χ1v) is 8.11. The number of nitrogens with one attached hydrogen (secondary N) is 1. The maximum Gasteiger partial charge on any atom is 0.256 e. The zero-order valence-corrected chi connectivity index (χ0v) is 14.2. The van der Waals surface area contributed by atoms with Crippen LogP contribution in [0.4, 0.5) is 5.69 Å². The fourth-order valence-electron chi connectivity index (χ4n) is 3.03. The topological polar surface area (TPSA) is 38.3 Å². The van der Waals surface area contributed by atoms with Gasteiger partial charge in [-0.2, -0.15) is 0 Å². The van der Waals surface area contributed by atoms with Crippen LogP contribution >= 0.6 is 0 Å². The summed E-state index contributed by atoms with van der Waals surface area (Å²) in [5.74, 6) is 0.671. The van der Waals surface area contributed by atoms with E-state index in [1.807, 2.05) is 55.5 Å². The summed E-state index contributed by atoms with van der Waals surface area (Å²) in [6, 6.07) is 17.5. The van der Waals surface area contributed by atoms with Crippen LogP contribution in [0.3, 0.4) is 0 Å². The lowest BCUT2D eigenvalue weighted by Gasteiger charge is -2.15. The smallest absolute Gasteiger partial charge is 0.256 e. The molecule has 122 valence electrons. The van der Waals surface area contributed by atoms with Gasteiger partial charge in [-0.15, -0.1) is 0 Å². The highest BCUT2D eigenvalue weighted by atomic mass is 16.5. The number of para-hydroxylation sites is 1. The summed E-state index contributed by atoms with van der Waals surface area (Å²) in [7, 11) is 1.64. The Morgan fingerprint density at radius 1 is 1.00 bits per heavy atom. The molecule has 0 atom stereocenters. The third kappa shape index (κ3) is 2.85. The molecule has 3 aromatic rings. The third-order valence-electron chi connectivity index (χ3n) is 4.33. The van der Waals surface area contributed by atoms with Gasteiger partial charge < -0.3 is 10.1 Å². The van der Waals surface area contributed by atoms with E-state index in [4.69, 9.17) is 4.74 Å². The molecular weight excluding hydrogens is 298 g/mol. The Labute approximate surface area is 142 Å². The molecule has 0 radical (unpaired) electrons. The molecule has 0 fully saturated rings. The van der Waals surface area contributed by atoms with Gasteiger partial charge in [-0.05, 0) is 42.0 Å². The molecule has 0 saturated heterocycles. The summed E-state index contributed by atoms with van der Waals surface area (Å²) in [4.78, 5) is 12.9. The first kappa shape index (κ1) is 16.1. The standard InChI is InChI=1S/C21H21NO2/c1-4-15-9-7-8-14(2)20(15)22-21(23)18-12-13-19(24-3)17-11-6-5-10-16(17)18/h5-13H,4H2,1-3H3,(H,22,23). The van der Waals surface area contributed by atoms with Crippen LogP contribution in [0.2, 0.25) is 0 Å². The number of fused-ring (bicyclic) bond motifs is 1. The summed E-state index contributed by atoms with van der Waals surface area (Å²) in [5, 5.41) is 4.92. The molecule has 0 aliphatic heterocycles. The Bertz CT molecular complexity index is 899. The van der Waals surface area contributed by atoms with Gasteiger partial charge >= 0.3 is 0 Å². The number of hydrogen-bond acceptors (Lipinski definition) is 2. The van der Waals surface area contributed by atoms with E-state index in [0.717, 1.165) is 39.8 Å². The van der Waals surface area contributed by atoms with Gasteiger partial charge in [0.05, 0.1) is 7.11 Å². The largest absolute Gasteiger partial charge is 0.496 e. The summed E-state index contributed by atoms with van der Waals surface area (Å²) < 4.78 is 5.40. The number of benzene rings is 3. The second-order valence-electron chi connectivity index (χ2n) is 5.78. The number of amides is 1. The zero-order valence-electron chi connectivity index (χ0n) is 14.2. The molecule has 3 rings (SSSR count). The van der Waals surface area contributed by atoms with Crippen molar-refractivity contribution in [1.29, 1.82) is 0 Å². The van der Waals surface area contributed by atoms with Crippen LogP contribution in [-0.4, -0.2) is 13.0 Å². The maximum atomic E-state index is 12.9. The minimum absolute atomic E-state index is 0.0992. The molecule has 0 spiro atoms. The van der Waals surface area contributed by atoms with Crippen LogP contribution in [0.25, 0.3) is 10.8 Å². The van der Waals surface area contributed by atoms with Gasteiger partial charge in [-0.1, -0.05) is 49.4 Å². The van der Waals surface area contributed by atoms with Gasteiger partial charge in [0.2, 0.25) is 0 Å². The van der Waals surface area contributed by atoms with Gasteiger partial charge in [-0.25, -0.2) is 0 Å². The highest BCUT2D eigenvalue weighted by Crippen LogP contribution is 2.29. The normalized spacial score (nSPS) is 10.6. The number of rotatable bonds is 4. The average Bonchev–Trinajstić information content (AvgIpc) is 2.62. The Morgan fingerprint density at radius 3 is 2.46 bits per heavy atom. The SMILES string of the molecule is CCc1cccc(C)c1NC(=O)c1ccc(OC)c2ccccc12. The molecule has 0 unspecified atom stereocenters. The molecule has 24 heavy (non-hydrogen) atoms. The first-order chi connectivity index (χ1) is 11.7. The summed E-state index contributed by atoms with van der Waals surface area (Å²) in [6.07, 6.45) is 0.876. The highest BCUT2D eigenvalue weighted by molar-refractivity contribution is 6.14. The number of hydrogen-bond donors (Lipinski definition) is 1. The lowest BCUT2D eigenvalue weighted by molar-refractivity contribution is 0.102. The third-order valence-corrected chi connectivity index (χ3v) is 4.33. The van der Waals surface area contributed by atoms with Crippen molar-refractivity contribution in [3.63, 3.8) is 0 Å². The predicted octanol–water partition coefficient (Wildman–Crippen LogP) is 4.97. The molecule has 0 aliphatic rings. The van der Waals surface area contributed by atoms with Gasteiger partial charge in [0, 0.05) is 16.6 Å². The molecule has 0 bridgehead atoms. The van der Waals surface area contributed by atoms with Gasteiger partial charge in [0.25, 0.3) is 5.91 Å². The van der Waals surface area contributed by atoms with E-state index >= 15 is 0 Å².